The second-order valence-electron chi connectivity index (χ2n) is 3.17. The molecule has 0 spiro atoms. The van der Waals surface area contributed by atoms with Crippen molar-refractivity contribution in [1.82, 2.24) is 0 Å². The van der Waals surface area contributed by atoms with Crippen molar-refractivity contribution in [3.05, 3.63) is 29.8 Å². The Balaban J connectivity index is 2.65. The van der Waals surface area contributed by atoms with Gasteiger partial charge in [0.2, 0.25) is 5.96 Å². The molecule has 6 nitrogen and oxygen atoms in total. The van der Waals surface area contributed by atoms with E-state index in [1.54, 1.807) is 31.2 Å². The third-order valence-electron chi connectivity index (χ3n) is 1.78. The van der Waals surface area contributed by atoms with Gasteiger partial charge < -0.3 is 16.2 Å². The summed E-state index contributed by atoms with van der Waals surface area (Å²) >= 11 is 0. The molecule has 0 aliphatic rings. The van der Waals surface area contributed by atoms with Crippen LogP contribution in [0.4, 0.5) is 0 Å². The summed E-state index contributed by atoms with van der Waals surface area (Å²) in [5, 5.41) is 7.11. The number of nitrogens with zero attached hydrogens (tertiary/aromatic N) is 2. The molecule has 1 aromatic carbocycles. The molecular formula is C11H14N4O2. The molecular weight excluding hydrogens is 220 g/mol. The molecule has 6 heteroatoms. The molecule has 0 bridgehead atoms. The average Bonchev–Trinajstić information content (AvgIpc) is 2.31. The van der Waals surface area contributed by atoms with Crippen LogP contribution < -0.4 is 16.2 Å². The van der Waals surface area contributed by atoms with E-state index in [1.165, 1.54) is 6.21 Å². The smallest absolute Gasteiger partial charge is 0.310 e. The number of nitrogens with two attached hydrogens (primary N) is 2. The van der Waals surface area contributed by atoms with Gasteiger partial charge in [0.25, 0.3) is 0 Å². The molecule has 17 heavy (non-hydrogen) atoms. The lowest BCUT2D eigenvalue weighted by atomic mass is 10.2. The van der Waals surface area contributed by atoms with Crippen LogP contribution in [0.3, 0.4) is 0 Å². The third-order valence-corrected chi connectivity index (χ3v) is 1.78. The van der Waals surface area contributed by atoms with Crippen LogP contribution in [-0.2, 0) is 4.79 Å². The SMILES string of the molecule is CCC(=O)Oc1ccc(C=NN=C(N)N)cc1. The monoisotopic (exact) mass is 234 g/mol. The Bertz CT molecular complexity index is 433. The zero-order chi connectivity index (χ0) is 12.7. The topological polar surface area (TPSA) is 103 Å². The van der Waals surface area contributed by atoms with Crippen LogP contribution in [0.5, 0.6) is 5.75 Å². The van der Waals surface area contributed by atoms with Crippen LogP contribution in [0.25, 0.3) is 0 Å². The summed E-state index contributed by atoms with van der Waals surface area (Å²) in [7, 11) is 0. The Hall–Kier alpha value is -2.37. The van der Waals surface area contributed by atoms with E-state index >= 15 is 0 Å². The number of rotatable bonds is 4. The lowest BCUT2D eigenvalue weighted by Gasteiger charge is -2.01. The fraction of sp³-hybridized carbons (Fsp3) is 0.182. The van der Waals surface area contributed by atoms with Gasteiger partial charge in [-0.15, -0.1) is 5.10 Å². The van der Waals surface area contributed by atoms with Gasteiger partial charge in [-0.3, -0.25) is 4.79 Å². The van der Waals surface area contributed by atoms with Gasteiger partial charge in [-0.25, -0.2) is 0 Å². The number of guanidine groups is 1. The molecule has 0 unspecified atom stereocenters. The van der Waals surface area contributed by atoms with E-state index in [0.717, 1.165) is 5.56 Å². The zero-order valence-corrected chi connectivity index (χ0v) is 9.46. The van der Waals surface area contributed by atoms with Crippen LogP contribution >= 0.6 is 0 Å². The highest BCUT2D eigenvalue weighted by Gasteiger charge is 2.00. The minimum atomic E-state index is -0.271. The zero-order valence-electron chi connectivity index (χ0n) is 9.46. The molecule has 0 saturated heterocycles. The number of esters is 1. The first-order chi connectivity index (χ1) is 8.11. The molecule has 0 radical (unpaired) electrons. The average molecular weight is 234 g/mol. The van der Waals surface area contributed by atoms with Crippen molar-refractivity contribution >= 4 is 18.1 Å². The summed E-state index contributed by atoms with van der Waals surface area (Å²) < 4.78 is 5.01. The van der Waals surface area contributed by atoms with Crippen molar-refractivity contribution in [2.45, 2.75) is 13.3 Å². The number of hydrogen-bond acceptors (Lipinski definition) is 4. The van der Waals surface area contributed by atoms with Crippen LogP contribution in [0.2, 0.25) is 0 Å². The van der Waals surface area contributed by atoms with Gasteiger partial charge >= 0.3 is 5.97 Å². The summed E-state index contributed by atoms with van der Waals surface area (Å²) in [6.07, 6.45) is 1.83. The second kappa shape index (κ2) is 6.26. The normalized spacial score (nSPS) is 10.2. The lowest BCUT2D eigenvalue weighted by molar-refractivity contribution is -0.134. The van der Waals surface area contributed by atoms with Gasteiger partial charge in [-0.2, -0.15) is 5.10 Å². The summed E-state index contributed by atoms with van der Waals surface area (Å²) in [5.74, 6) is 0.123. The van der Waals surface area contributed by atoms with Crippen molar-refractivity contribution in [2.75, 3.05) is 0 Å². The van der Waals surface area contributed by atoms with E-state index in [9.17, 15) is 4.79 Å². The Morgan fingerprint density at radius 1 is 1.35 bits per heavy atom. The molecule has 1 aromatic rings. The highest BCUT2D eigenvalue weighted by Crippen LogP contribution is 2.11. The standard InChI is InChI=1S/C11H14N4O2/c1-2-10(16)17-9-5-3-8(4-6-9)7-14-15-11(12)13/h3-7H,2H2,1H3,(H4,12,13,15). The molecule has 0 atom stereocenters. The Labute approximate surface area is 99.0 Å². The molecule has 0 fully saturated rings. The van der Waals surface area contributed by atoms with Gasteiger partial charge in [0.15, 0.2) is 0 Å². The molecule has 0 aliphatic carbocycles. The Kier molecular flexibility index (Phi) is 4.68. The van der Waals surface area contributed by atoms with Gasteiger partial charge in [-0.05, 0) is 29.8 Å². The minimum absolute atomic E-state index is 0.102. The first-order valence-electron chi connectivity index (χ1n) is 5.04. The maximum atomic E-state index is 11.0. The van der Waals surface area contributed by atoms with Crippen molar-refractivity contribution in [3.8, 4) is 5.75 Å². The van der Waals surface area contributed by atoms with Crippen molar-refractivity contribution in [2.24, 2.45) is 21.7 Å². The second-order valence-corrected chi connectivity index (χ2v) is 3.17. The van der Waals surface area contributed by atoms with E-state index in [4.69, 9.17) is 16.2 Å². The van der Waals surface area contributed by atoms with Gasteiger partial charge in [0.1, 0.15) is 5.75 Å². The van der Waals surface area contributed by atoms with E-state index in [2.05, 4.69) is 10.2 Å². The maximum Gasteiger partial charge on any atom is 0.310 e. The molecule has 0 amide bonds. The lowest BCUT2D eigenvalue weighted by Crippen LogP contribution is -2.21. The summed E-state index contributed by atoms with van der Waals surface area (Å²) in [6, 6.07) is 6.82. The Morgan fingerprint density at radius 3 is 2.53 bits per heavy atom. The number of hydrogen-bond donors (Lipinski definition) is 2. The van der Waals surface area contributed by atoms with E-state index < -0.39 is 0 Å². The first kappa shape index (κ1) is 12.7. The molecule has 4 N–H and O–H groups in total. The minimum Gasteiger partial charge on any atom is -0.427 e. The number of ether oxygens (including phenoxy) is 1. The molecule has 0 saturated carbocycles. The maximum absolute atomic E-state index is 11.0. The van der Waals surface area contributed by atoms with Crippen LogP contribution in [0.1, 0.15) is 18.9 Å². The number of carbonyl (C=O) groups excluding carboxylic acids is 1. The van der Waals surface area contributed by atoms with Gasteiger partial charge in [0.05, 0.1) is 6.21 Å². The number of benzene rings is 1. The van der Waals surface area contributed by atoms with E-state index in [-0.39, 0.29) is 11.9 Å². The van der Waals surface area contributed by atoms with Gasteiger partial charge in [-0.1, -0.05) is 6.92 Å². The predicted molar refractivity (Wildman–Crippen MR) is 65.8 cm³/mol. The largest absolute Gasteiger partial charge is 0.427 e. The predicted octanol–water partition coefficient (Wildman–Crippen LogP) is 0.609. The fourth-order valence-corrected chi connectivity index (χ4v) is 0.988. The highest BCUT2D eigenvalue weighted by atomic mass is 16.5. The van der Waals surface area contributed by atoms with Gasteiger partial charge in [0, 0.05) is 6.42 Å². The third kappa shape index (κ3) is 4.78. The van der Waals surface area contributed by atoms with Crippen molar-refractivity contribution in [3.63, 3.8) is 0 Å². The Morgan fingerprint density at radius 2 is 2.00 bits per heavy atom. The van der Waals surface area contributed by atoms with Crippen LogP contribution in [-0.4, -0.2) is 18.1 Å². The first-order valence-corrected chi connectivity index (χ1v) is 5.04. The molecule has 0 heterocycles. The van der Waals surface area contributed by atoms with E-state index in [1.807, 2.05) is 0 Å². The quantitative estimate of drug-likeness (QED) is 0.262. The fourth-order valence-electron chi connectivity index (χ4n) is 0.988. The van der Waals surface area contributed by atoms with Crippen LogP contribution in [0.15, 0.2) is 34.5 Å². The molecule has 0 aromatic heterocycles. The summed E-state index contributed by atoms with van der Waals surface area (Å²) in [6.45, 7) is 1.73. The summed E-state index contributed by atoms with van der Waals surface area (Å²) in [5.41, 5.74) is 11.0. The van der Waals surface area contributed by atoms with Crippen molar-refractivity contribution < 1.29 is 9.53 Å². The van der Waals surface area contributed by atoms with E-state index in [0.29, 0.717) is 12.2 Å². The highest BCUT2D eigenvalue weighted by molar-refractivity contribution is 5.81. The van der Waals surface area contributed by atoms with Crippen molar-refractivity contribution in [1.29, 1.82) is 0 Å². The van der Waals surface area contributed by atoms with Crippen LogP contribution in [0, 0.1) is 0 Å². The molecule has 1 rings (SSSR count). The number of carbonyl (C=O) groups is 1. The summed E-state index contributed by atoms with van der Waals surface area (Å²) in [4.78, 5) is 11.0. The molecule has 0 aliphatic heterocycles. The molecule has 90 valence electrons.